The Labute approximate surface area is 159 Å². The van der Waals surface area contributed by atoms with Gasteiger partial charge in [0.15, 0.2) is 5.16 Å². The fourth-order valence-electron chi connectivity index (χ4n) is 2.43. The Hall–Kier alpha value is -2.77. The summed E-state index contributed by atoms with van der Waals surface area (Å²) >= 11 is 7.56. The Balaban J connectivity index is 1.98. The number of carbonyl (C=O) groups excluding carboxylic acids is 2. The number of hydrogen-bond acceptors (Lipinski definition) is 4. The van der Waals surface area contributed by atoms with Crippen LogP contribution in [0, 0.1) is 0 Å². The Morgan fingerprint density at radius 2 is 1.92 bits per heavy atom. The van der Waals surface area contributed by atoms with Crippen LogP contribution in [0.15, 0.2) is 59.9 Å². The topological polar surface area (TPSA) is 90.0 Å². The van der Waals surface area contributed by atoms with Gasteiger partial charge < -0.3 is 11.1 Å². The molecule has 26 heavy (non-hydrogen) atoms. The van der Waals surface area contributed by atoms with Crippen LogP contribution in [0.5, 0.6) is 0 Å². The van der Waals surface area contributed by atoms with Gasteiger partial charge in [0.05, 0.1) is 16.9 Å². The summed E-state index contributed by atoms with van der Waals surface area (Å²) in [5.74, 6) is -0.999. The second kappa shape index (κ2) is 7.63. The third kappa shape index (κ3) is 3.58. The molecule has 3 aromatic rings. The number of nitrogens with zero attached hydrogens (tertiary/aromatic N) is 2. The van der Waals surface area contributed by atoms with E-state index in [1.54, 1.807) is 4.57 Å². The molecule has 2 amide bonds. The molecule has 0 radical (unpaired) electrons. The van der Waals surface area contributed by atoms with Gasteiger partial charge in [-0.2, -0.15) is 0 Å². The number of primary amides is 1. The van der Waals surface area contributed by atoms with Crippen molar-refractivity contribution in [1.29, 1.82) is 0 Å². The smallest absolute Gasteiger partial charge is 0.274 e. The first kappa shape index (κ1) is 18.0. The van der Waals surface area contributed by atoms with Gasteiger partial charge in [-0.1, -0.05) is 41.6 Å². The van der Waals surface area contributed by atoms with Crippen LogP contribution in [0.4, 0.5) is 5.69 Å². The molecule has 3 rings (SSSR count). The van der Waals surface area contributed by atoms with Crippen molar-refractivity contribution in [2.24, 2.45) is 5.73 Å². The zero-order chi connectivity index (χ0) is 18.7. The van der Waals surface area contributed by atoms with E-state index in [9.17, 15) is 9.59 Å². The number of aromatic nitrogens is 2. The maximum atomic E-state index is 12.8. The third-order valence-electron chi connectivity index (χ3n) is 3.66. The molecule has 0 aliphatic rings. The molecular weight excluding hydrogens is 372 g/mol. The lowest BCUT2D eigenvalue weighted by Crippen LogP contribution is -2.18. The van der Waals surface area contributed by atoms with Crippen molar-refractivity contribution in [3.63, 3.8) is 0 Å². The van der Waals surface area contributed by atoms with E-state index < -0.39 is 11.8 Å². The van der Waals surface area contributed by atoms with E-state index in [0.29, 0.717) is 21.6 Å². The van der Waals surface area contributed by atoms with Gasteiger partial charge in [0.1, 0.15) is 5.69 Å². The maximum absolute atomic E-state index is 12.8. The average Bonchev–Trinajstić information content (AvgIpc) is 3.08. The minimum absolute atomic E-state index is 0.256. The number of benzene rings is 2. The summed E-state index contributed by atoms with van der Waals surface area (Å²) in [6.45, 7) is 0. The van der Waals surface area contributed by atoms with Crippen LogP contribution >= 0.6 is 23.4 Å². The average molecular weight is 387 g/mol. The molecular formula is C18H15ClN4O2S. The number of nitrogens with two attached hydrogens (primary N) is 1. The number of amides is 2. The van der Waals surface area contributed by atoms with Crippen LogP contribution in [0.3, 0.4) is 0 Å². The second-order valence-electron chi connectivity index (χ2n) is 5.31. The molecule has 1 heterocycles. The van der Waals surface area contributed by atoms with E-state index in [1.807, 2.05) is 36.6 Å². The zero-order valence-electron chi connectivity index (χ0n) is 13.8. The summed E-state index contributed by atoms with van der Waals surface area (Å²) in [5.41, 5.74) is 7.01. The molecule has 0 spiro atoms. The van der Waals surface area contributed by atoms with Crippen molar-refractivity contribution in [3.8, 4) is 5.69 Å². The predicted molar refractivity (Wildman–Crippen MR) is 103 cm³/mol. The van der Waals surface area contributed by atoms with E-state index in [-0.39, 0.29) is 5.56 Å². The van der Waals surface area contributed by atoms with Crippen molar-refractivity contribution in [2.45, 2.75) is 5.16 Å². The van der Waals surface area contributed by atoms with E-state index >= 15 is 0 Å². The van der Waals surface area contributed by atoms with Crippen LogP contribution in [0.1, 0.15) is 20.8 Å². The fourth-order valence-corrected chi connectivity index (χ4v) is 3.14. The number of imidazole rings is 1. The van der Waals surface area contributed by atoms with Crippen molar-refractivity contribution >= 4 is 40.9 Å². The monoisotopic (exact) mass is 386 g/mol. The van der Waals surface area contributed by atoms with Gasteiger partial charge in [0.2, 0.25) is 5.91 Å². The van der Waals surface area contributed by atoms with Crippen LogP contribution in [0.2, 0.25) is 5.02 Å². The minimum atomic E-state index is -0.601. The summed E-state index contributed by atoms with van der Waals surface area (Å²) in [4.78, 5) is 28.5. The van der Waals surface area contributed by atoms with Gasteiger partial charge in [0.25, 0.3) is 5.91 Å². The summed E-state index contributed by atoms with van der Waals surface area (Å²) < 4.78 is 1.76. The number of hydrogen-bond donors (Lipinski definition) is 2. The molecule has 0 bridgehead atoms. The van der Waals surface area contributed by atoms with Gasteiger partial charge in [-0.05, 0) is 36.6 Å². The zero-order valence-corrected chi connectivity index (χ0v) is 15.3. The van der Waals surface area contributed by atoms with Gasteiger partial charge in [0, 0.05) is 11.3 Å². The van der Waals surface area contributed by atoms with E-state index in [1.165, 1.54) is 36.2 Å². The highest BCUT2D eigenvalue weighted by Gasteiger charge is 2.19. The number of nitrogens with one attached hydrogen (secondary N) is 1. The molecule has 6 nitrogen and oxygen atoms in total. The predicted octanol–water partition coefficient (Wildman–Crippen LogP) is 3.60. The van der Waals surface area contributed by atoms with E-state index in [2.05, 4.69) is 10.3 Å². The first-order valence-electron chi connectivity index (χ1n) is 7.59. The highest BCUT2D eigenvalue weighted by atomic mass is 35.5. The molecule has 2 aromatic carbocycles. The molecule has 0 atom stereocenters. The molecule has 0 aliphatic carbocycles. The molecule has 3 N–H and O–H groups in total. The van der Waals surface area contributed by atoms with Gasteiger partial charge in [-0.3, -0.25) is 14.2 Å². The minimum Gasteiger partial charge on any atom is -0.366 e. The molecule has 8 heteroatoms. The van der Waals surface area contributed by atoms with Crippen molar-refractivity contribution in [3.05, 3.63) is 71.0 Å². The Morgan fingerprint density at radius 1 is 1.19 bits per heavy atom. The Kier molecular flexibility index (Phi) is 5.29. The first-order valence-corrected chi connectivity index (χ1v) is 9.19. The lowest BCUT2D eigenvalue weighted by molar-refractivity contribution is 0.0995. The molecule has 0 saturated carbocycles. The number of para-hydroxylation sites is 1. The van der Waals surface area contributed by atoms with Crippen molar-refractivity contribution < 1.29 is 9.59 Å². The number of anilines is 1. The quantitative estimate of drug-likeness (QED) is 0.655. The molecule has 0 fully saturated rings. The van der Waals surface area contributed by atoms with E-state index in [0.717, 1.165) is 5.69 Å². The molecule has 0 unspecified atom stereocenters. The third-order valence-corrected chi connectivity index (χ3v) is 4.64. The standard InChI is InChI=1S/C18H15ClN4O2S/c1-26-18-21-10-15(23(18)12-5-3-2-4-6-12)17(25)22-14-9-11(16(20)24)7-8-13(14)19/h2-10H,1H3,(H2,20,24)(H,22,25). The molecule has 0 aliphatic heterocycles. The van der Waals surface area contributed by atoms with Gasteiger partial charge in [-0.25, -0.2) is 4.98 Å². The van der Waals surface area contributed by atoms with Gasteiger partial charge >= 0.3 is 0 Å². The molecule has 1 aromatic heterocycles. The summed E-state index contributed by atoms with van der Waals surface area (Å²) in [6.07, 6.45) is 3.39. The SMILES string of the molecule is CSc1ncc(C(=O)Nc2cc(C(N)=O)ccc2Cl)n1-c1ccccc1. The summed E-state index contributed by atoms with van der Waals surface area (Å²) in [6, 6.07) is 13.9. The summed E-state index contributed by atoms with van der Waals surface area (Å²) in [5, 5.41) is 3.70. The largest absolute Gasteiger partial charge is 0.366 e. The molecule has 132 valence electrons. The number of rotatable bonds is 5. The van der Waals surface area contributed by atoms with Gasteiger partial charge in [-0.15, -0.1) is 0 Å². The highest BCUT2D eigenvalue weighted by Crippen LogP contribution is 2.26. The van der Waals surface area contributed by atoms with Crippen molar-refractivity contribution in [2.75, 3.05) is 11.6 Å². The number of halogens is 1. The fraction of sp³-hybridized carbons (Fsp3) is 0.0556. The Bertz CT molecular complexity index is 973. The van der Waals surface area contributed by atoms with Crippen LogP contribution in [0.25, 0.3) is 5.69 Å². The maximum Gasteiger partial charge on any atom is 0.274 e. The lowest BCUT2D eigenvalue weighted by Gasteiger charge is -2.12. The molecule has 0 saturated heterocycles. The first-order chi connectivity index (χ1) is 12.5. The summed E-state index contributed by atoms with van der Waals surface area (Å²) in [7, 11) is 0. The van der Waals surface area contributed by atoms with E-state index in [4.69, 9.17) is 17.3 Å². The number of thioether (sulfide) groups is 1. The van der Waals surface area contributed by atoms with Crippen LogP contribution < -0.4 is 11.1 Å². The second-order valence-corrected chi connectivity index (χ2v) is 6.49. The van der Waals surface area contributed by atoms with Crippen LogP contribution in [-0.4, -0.2) is 27.6 Å². The number of carbonyl (C=O) groups is 2. The lowest BCUT2D eigenvalue weighted by atomic mass is 10.2. The Morgan fingerprint density at radius 3 is 2.58 bits per heavy atom. The highest BCUT2D eigenvalue weighted by molar-refractivity contribution is 7.98. The van der Waals surface area contributed by atoms with Crippen LogP contribution in [-0.2, 0) is 0 Å². The normalized spacial score (nSPS) is 10.5. The van der Waals surface area contributed by atoms with Crippen molar-refractivity contribution in [1.82, 2.24) is 9.55 Å².